The number of aliphatic hydroxyl groups is 5. The fraction of sp³-hybridized carbons (Fsp3) is 0.500. The van der Waals surface area contributed by atoms with Crippen LogP contribution in [0, 0.1) is 0 Å². The average molecular weight is 455 g/mol. The van der Waals surface area contributed by atoms with Crippen LogP contribution in [-0.2, 0) is 21.0 Å². The first-order valence-electron chi connectivity index (χ1n) is 7.58. The molecule has 1 aromatic rings. The number of amides is 1. The van der Waals surface area contributed by atoms with Crippen molar-refractivity contribution < 1.29 is 51.8 Å². The molecule has 27 heavy (non-hydrogen) atoms. The number of benzene rings is 1. The molecule has 0 saturated carbocycles. The average Bonchev–Trinajstić information content (AvgIpc) is 2.68. The minimum atomic E-state index is -4.55. The zero-order valence-electron chi connectivity index (χ0n) is 14.2. The third-order valence-electron chi connectivity index (χ3n) is 3.36. The van der Waals surface area contributed by atoms with Gasteiger partial charge in [0.05, 0.1) is 6.61 Å². The Labute approximate surface area is 156 Å². The quantitative estimate of drug-likeness (QED) is 0.133. The summed E-state index contributed by atoms with van der Waals surface area (Å²) < 4.78 is 25.0. The Balaban J connectivity index is 0.000000277. The second-order valence-electron chi connectivity index (χ2n) is 5.38. The summed E-state index contributed by atoms with van der Waals surface area (Å²) >= 11 is -4.55. The van der Waals surface area contributed by atoms with E-state index in [1.807, 2.05) is 5.48 Å². The van der Waals surface area contributed by atoms with Gasteiger partial charge in [0.1, 0.15) is 24.4 Å². The standard InChI is InChI=1S/C8H10AsNO5.C6H12O6/c1-7(11)10-14-9(12,15-13)8-5-3-2-4-6-8;7-1-2-3(8)4(9)5(10)6(11)12-2/h2-6,13H,1H3,(H,10,11);2-11H,1H2/t;2-,3-,4+,5-,6?/m.1/s1. The van der Waals surface area contributed by atoms with Crippen LogP contribution in [0.3, 0.4) is 0 Å². The molecule has 154 valence electrons. The normalized spacial score (nSPS) is 29.8. The molecule has 0 aromatic heterocycles. The Kier molecular flexibility index (Phi) is 9.56. The van der Waals surface area contributed by atoms with E-state index < -0.39 is 57.4 Å². The van der Waals surface area contributed by atoms with E-state index in [-0.39, 0.29) is 4.35 Å². The molecular weight excluding hydrogens is 433 g/mol. The number of hydrogen-bond acceptors (Lipinski definition) is 11. The molecule has 7 N–H and O–H groups in total. The largest absolute Gasteiger partial charge is 0.394 e. The van der Waals surface area contributed by atoms with Gasteiger partial charge in [-0.25, -0.2) is 0 Å². The Bertz CT molecular complexity index is 626. The molecule has 1 heterocycles. The first-order valence-corrected chi connectivity index (χ1v) is 10.8. The number of carbonyl (C=O) groups is 1. The fourth-order valence-electron chi connectivity index (χ4n) is 1.93. The van der Waals surface area contributed by atoms with Crippen molar-refractivity contribution in [3.63, 3.8) is 0 Å². The molecule has 1 saturated heterocycles. The molecule has 2 unspecified atom stereocenters. The van der Waals surface area contributed by atoms with E-state index in [9.17, 15) is 8.53 Å². The molecule has 1 amide bonds. The van der Waals surface area contributed by atoms with E-state index in [2.05, 4.69) is 12.4 Å². The van der Waals surface area contributed by atoms with E-state index in [1.165, 1.54) is 19.1 Å². The predicted molar refractivity (Wildman–Crippen MR) is 87.1 cm³/mol. The first-order chi connectivity index (χ1) is 12.7. The summed E-state index contributed by atoms with van der Waals surface area (Å²) in [6.45, 7) is 0.657. The molecule has 1 aliphatic rings. The summed E-state index contributed by atoms with van der Waals surface area (Å²) in [5.41, 5.74) is 1.88. The van der Waals surface area contributed by atoms with Crippen LogP contribution in [0.25, 0.3) is 0 Å². The van der Waals surface area contributed by atoms with Crippen LogP contribution in [-0.4, -0.2) is 88.2 Å². The maximum absolute atomic E-state index is 11.8. The molecule has 13 heteroatoms. The zero-order valence-corrected chi connectivity index (χ0v) is 16.0. The second-order valence-corrected chi connectivity index (χ2v) is 9.28. The fourth-order valence-corrected chi connectivity index (χ4v) is 4.07. The van der Waals surface area contributed by atoms with Crippen molar-refractivity contribution in [2.24, 2.45) is 0 Å². The number of aliphatic hydroxyl groups excluding tert-OH is 5. The number of ether oxygens (including phenoxy) is 1. The number of hydroxylamine groups is 1. The number of carbonyl (C=O) groups excluding carboxylic acids is 1. The summed E-state index contributed by atoms with van der Waals surface area (Å²) in [5.74, 6) is -0.537. The van der Waals surface area contributed by atoms with Crippen molar-refractivity contribution in [2.75, 3.05) is 6.61 Å². The van der Waals surface area contributed by atoms with Crippen LogP contribution in [0.2, 0.25) is 0 Å². The maximum Gasteiger partial charge on any atom is 0.184 e. The van der Waals surface area contributed by atoms with E-state index in [4.69, 9.17) is 30.8 Å². The van der Waals surface area contributed by atoms with Gasteiger partial charge in [0, 0.05) is 0 Å². The monoisotopic (exact) mass is 455 g/mol. The van der Waals surface area contributed by atoms with Crippen molar-refractivity contribution in [3.8, 4) is 0 Å². The topological polar surface area (TPSA) is 195 Å². The van der Waals surface area contributed by atoms with E-state index in [0.29, 0.717) is 0 Å². The zero-order chi connectivity index (χ0) is 20.6. The number of hydrogen-bond donors (Lipinski definition) is 7. The SMILES string of the molecule is CC(=O)NO[As](=O)(OO)c1ccccc1.OC[C@H]1OC(O)[C@H](O)[C@@H](O)[C@@H]1O. The first kappa shape index (κ1) is 23.7. The van der Waals surface area contributed by atoms with Crippen molar-refractivity contribution in [1.29, 1.82) is 0 Å². The van der Waals surface area contributed by atoms with Gasteiger partial charge in [-0.2, -0.15) is 0 Å². The van der Waals surface area contributed by atoms with E-state index in [0.717, 1.165) is 0 Å². The molecular formula is C14H22AsNO11. The molecule has 6 atom stereocenters. The van der Waals surface area contributed by atoms with Gasteiger partial charge >= 0.3 is 88.7 Å². The molecule has 1 aromatic carbocycles. The minimum absolute atomic E-state index is 0.201. The van der Waals surface area contributed by atoms with E-state index >= 15 is 0 Å². The maximum atomic E-state index is 11.8. The molecule has 0 aliphatic carbocycles. The number of nitrogens with one attached hydrogen (secondary N) is 1. The van der Waals surface area contributed by atoms with Crippen LogP contribution < -0.4 is 9.83 Å². The Morgan fingerprint density at radius 3 is 2.22 bits per heavy atom. The molecule has 0 radical (unpaired) electrons. The van der Waals surface area contributed by atoms with Crippen molar-refractivity contribution in [1.82, 2.24) is 5.48 Å². The smallest absolute Gasteiger partial charge is 0.184 e. The van der Waals surface area contributed by atoms with Crippen molar-refractivity contribution >= 4 is 24.4 Å². The van der Waals surface area contributed by atoms with Crippen LogP contribution >= 0.6 is 0 Å². The Hall–Kier alpha value is -1.31. The predicted octanol–water partition coefficient (Wildman–Crippen LogP) is -3.40. The minimum Gasteiger partial charge on any atom is -0.394 e. The van der Waals surface area contributed by atoms with Gasteiger partial charge in [0.2, 0.25) is 0 Å². The molecule has 0 bridgehead atoms. The van der Waals surface area contributed by atoms with Gasteiger partial charge < -0.3 is 30.3 Å². The van der Waals surface area contributed by atoms with Gasteiger partial charge in [-0.3, -0.25) is 0 Å². The summed E-state index contributed by atoms with van der Waals surface area (Å²) in [7, 11) is 0. The van der Waals surface area contributed by atoms with Crippen LogP contribution in [0.5, 0.6) is 0 Å². The summed E-state index contributed by atoms with van der Waals surface area (Å²) in [4.78, 5) is 10.6. The van der Waals surface area contributed by atoms with Gasteiger partial charge in [-0.15, -0.1) is 0 Å². The van der Waals surface area contributed by atoms with Crippen LogP contribution in [0.15, 0.2) is 30.3 Å². The third-order valence-corrected chi connectivity index (χ3v) is 6.46. The van der Waals surface area contributed by atoms with Gasteiger partial charge in [0.15, 0.2) is 6.29 Å². The molecule has 1 fully saturated rings. The van der Waals surface area contributed by atoms with Crippen molar-refractivity contribution in [2.45, 2.75) is 37.6 Å². The van der Waals surface area contributed by atoms with E-state index in [1.54, 1.807) is 18.2 Å². The molecule has 2 rings (SSSR count). The summed E-state index contributed by atoms with van der Waals surface area (Å²) in [6, 6.07) is 7.87. The Morgan fingerprint density at radius 1 is 1.15 bits per heavy atom. The number of rotatable bonds is 5. The third kappa shape index (κ3) is 6.66. The molecule has 0 spiro atoms. The summed E-state index contributed by atoms with van der Waals surface area (Å²) in [6.07, 6.45) is -7.04. The summed E-state index contributed by atoms with van der Waals surface area (Å²) in [5, 5.41) is 53.2. The molecule has 12 nitrogen and oxygen atoms in total. The van der Waals surface area contributed by atoms with Crippen molar-refractivity contribution in [3.05, 3.63) is 30.3 Å². The molecule has 1 aliphatic heterocycles. The van der Waals surface area contributed by atoms with Crippen LogP contribution in [0.4, 0.5) is 0 Å². The van der Waals surface area contributed by atoms with Crippen LogP contribution in [0.1, 0.15) is 6.92 Å². The van der Waals surface area contributed by atoms with Gasteiger partial charge in [-0.1, -0.05) is 0 Å². The second kappa shape index (κ2) is 10.9. The Morgan fingerprint density at radius 2 is 1.74 bits per heavy atom. The van der Waals surface area contributed by atoms with Gasteiger partial charge in [0.25, 0.3) is 0 Å². The van der Waals surface area contributed by atoms with Gasteiger partial charge in [-0.05, 0) is 0 Å².